The molecule has 0 aromatic heterocycles. The van der Waals surface area contributed by atoms with Crippen LogP contribution in [0.15, 0.2) is 30.3 Å². The van der Waals surface area contributed by atoms with Gasteiger partial charge in [-0.1, -0.05) is 30.3 Å². The van der Waals surface area contributed by atoms with Gasteiger partial charge in [0.25, 0.3) is 0 Å². The standard InChI is InChI=1S/C17H26N2O.ClH/c1-14(2)19(13-15-7-4-3-5-8-15)17(20)11-10-16-9-6-12-18-16;/h3-5,7-8,14,16,18H,6,9-13H2,1-2H3;1H. The molecule has 0 radical (unpaired) electrons. The molecule has 0 saturated carbocycles. The first-order valence-corrected chi connectivity index (χ1v) is 7.73. The van der Waals surface area contributed by atoms with Crippen molar-refractivity contribution in [3.8, 4) is 0 Å². The highest BCUT2D eigenvalue weighted by Gasteiger charge is 2.20. The van der Waals surface area contributed by atoms with Crippen molar-refractivity contribution in [2.75, 3.05) is 6.54 Å². The second-order valence-electron chi connectivity index (χ2n) is 5.93. The number of halogens is 1. The van der Waals surface area contributed by atoms with Gasteiger partial charge in [-0.05, 0) is 45.2 Å². The highest BCUT2D eigenvalue weighted by Crippen LogP contribution is 2.15. The highest BCUT2D eigenvalue weighted by atomic mass is 35.5. The lowest BCUT2D eigenvalue weighted by Gasteiger charge is -2.27. The van der Waals surface area contributed by atoms with Gasteiger partial charge < -0.3 is 10.2 Å². The summed E-state index contributed by atoms with van der Waals surface area (Å²) in [6, 6.07) is 11.0. The number of benzene rings is 1. The van der Waals surface area contributed by atoms with Crippen molar-refractivity contribution in [2.24, 2.45) is 0 Å². The lowest BCUT2D eigenvalue weighted by molar-refractivity contribution is -0.133. The lowest BCUT2D eigenvalue weighted by atomic mass is 10.1. The normalized spacial score (nSPS) is 17.6. The van der Waals surface area contributed by atoms with Crippen LogP contribution in [0.4, 0.5) is 0 Å². The Bertz CT molecular complexity index is 416. The Kier molecular flexibility index (Phi) is 7.76. The molecule has 1 atom stereocenters. The van der Waals surface area contributed by atoms with Crippen LogP contribution < -0.4 is 5.32 Å². The van der Waals surface area contributed by atoms with E-state index in [2.05, 4.69) is 31.3 Å². The van der Waals surface area contributed by atoms with E-state index in [-0.39, 0.29) is 24.4 Å². The van der Waals surface area contributed by atoms with E-state index in [1.165, 1.54) is 18.4 Å². The maximum Gasteiger partial charge on any atom is 0.223 e. The molecule has 0 spiro atoms. The van der Waals surface area contributed by atoms with Crippen molar-refractivity contribution in [1.82, 2.24) is 10.2 Å². The summed E-state index contributed by atoms with van der Waals surface area (Å²) >= 11 is 0. The summed E-state index contributed by atoms with van der Waals surface area (Å²) in [5.74, 6) is 0.276. The Morgan fingerprint density at radius 1 is 1.33 bits per heavy atom. The van der Waals surface area contributed by atoms with Crippen molar-refractivity contribution < 1.29 is 4.79 Å². The van der Waals surface area contributed by atoms with Crippen LogP contribution in [0.25, 0.3) is 0 Å². The average Bonchev–Trinajstić information content (AvgIpc) is 2.96. The van der Waals surface area contributed by atoms with Gasteiger partial charge in [0.15, 0.2) is 0 Å². The Hall–Kier alpha value is -1.06. The molecule has 0 bridgehead atoms. The van der Waals surface area contributed by atoms with Crippen molar-refractivity contribution in [3.05, 3.63) is 35.9 Å². The third-order valence-corrected chi connectivity index (χ3v) is 4.01. The number of rotatable bonds is 6. The molecule has 0 aliphatic carbocycles. The van der Waals surface area contributed by atoms with E-state index in [9.17, 15) is 4.79 Å². The summed E-state index contributed by atoms with van der Waals surface area (Å²) < 4.78 is 0. The minimum absolute atomic E-state index is 0. The molecule has 21 heavy (non-hydrogen) atoms. The molecule has 118 valence electrons. The molecular weight excluding hydrogens is 284 g/mol. The molecule has 1 aromatic carbocycles. The van der Waals surface area contributed by atoms with E-state index in [1.54, 1.807) is 0 Å². The fourth-order valence-electron chi connectivity index (χ4n) is 2.78. The molecule has 3 nitrogen and oxygen atoms in total. The second-order valence-corrected chi connectivity index (χ2v) is 5.93. The van der Waals surface area contributed by atoms with Gasteiger partial charge in [0, 0.05) is 25.0 Å². The predicted molar refractivity (Wildman–Crippen MR) is 89.6 cm³/mol. The van der Waals surface area contributed by atoms with E-state index in [0.29, 0.717) is 12.5 Å². The SMILES string of the molecule is CC(C)N(Cc1ccccc1)C(=O)CCC1CCCN1.Cl. The van der Waals surface area contributed by atoms with Gasteiger partial charge in [-0.2, -0.15) is 0 Å². The van der Waals surface area contributed by atoms with E-state index >= 15 is 0 Å². The number of carbonyl (C=O) groups excluding carboxylic acids is 1. The van der Waals surface area contributed by atoms with Gasteiger partial charge in [-0.3, -0.25) is 4.79 Å². The molecule has 1 aliphatic rings. The smallest absolute Gasteiger partial charge is 0.223 e. The molecule has 2 rings (SSSR count). The first kappa shape index (κ1) is 18.0. The van der Waals surface area contributed by atoms with Gasteiger partial charge in [-0.15, -0.1) is 12.4 Å². The Balaban J connectivity index is 0.00000220. The zero-order valence-electron chi connectivity index (χ0n) is 13.0. The zero-order chi connectivity index (χ0) is 14.4. The summed E-state index contributed by atoms with van der Waals surface area (Å²) in [6.07, 6.45) is 4.09. The molecule has 1 unspecified atom stereocenters. The maximum absolute atomic E-state index is 12.4. The molecule has 1 N–H and O–H groups in total. The lowest BCUT2D eigenvalue weighted by Crippen LogP contribution is -2.37. The van der Waals surface area contributed by atoms with Crippen molar-refractivity contribution >= 4 is 18.3 Å². The minimum Gasteiger partial charge on any atom is -0.336 e. The molecule has 4 heteroatoms. The first-order valence-electron chi connectivity index (χ1n) is 7.73. The molecule has 1 saturated heterocycles. The number of carbonyl (C=O) groups is 1. The topological polar surface area (TPSA) is 32.3 Å². The molecule has 1 aromatic rings. The van der Waals surface area contributed by atoms with E-state index in [1.807, 2.05) is 23.1 Å². The third-order valence-electron chi connectivity index (χ3n) is 4.01. The Morgan fingerprint density at radius 3 is 2.62 bits per heavy atom. The van der Waals surface area contributed by atoms with Crippen LogP contribution >= 0.6 is 12.4 Å². The van der Waals surface area contributed by atoms with Crippen molar-refractivity contribution in [2.45, 2.75) is 58.2 Å². The fourth-order valence-corrected chi connectivity index (χ4v) is 2.78. The molecule has 1 aliphatic heterocycles. The fraction of sp³-hybridized carbons (Fsp3) is 0.588. The maximum atomic E-state index is 12.4. The number of hydrogen-bond donors (Lipinski definition) is 1. The van der Waals surface area contributed by atoms with Crippen LogP contribution in [0.5, 0.6) is 0 Å². The third kappa shape index (κ3) is 5.68. The quantitative estimate of drug-likeness (QED) is 0.873. The molecular formula is C17H27ClN2O. The molecule has 1 amide bonds. The summed E-state index contributed by atoms with van der Waals surface area (Å²) in [5, 5.41) is 3.46. The number of amides is 1. The van der Waals surface area contributed by atoms with Gasteiger partial charge in [0.1, 0.15) is 0 Å². The Labute approximate surface area is 134 Å². The van der Waals surface area contributed by atoms with Crippen molar-refractivity contribution in [1.29, 1.82) is 0 Å². The minimum atomic E-state index is 0. The largest absolute Gasteiger partial charge is 0.336 e. The summed E-state index contributed by atoms with van der Waals surface area (Å²) in [4.78, 5) is 14.4. The predicted octanol–water partition coefficient (Wildman–Crippen LogP) is 3.38. The van der Waals surface area contributed by atoms with Gasteiger partial charge in [0.05, 0.1) is 0 Å². The summed E-state index contributed by atoms with van der Waals surface area (Å²) in [6.45, 7) is 6.01. The second kappa shape index (κ2) is 9.06. The van der Waals surface area contributed by atoms with Gasteiger partial charge in [-0.25, -0.2) is 0 Å². The highest BCUT2D eigenvalue weighted by molar-refractivity contribution is 5.85. The zero-order valence-corrected chi connectivity index (χ0v) is 13.9. The van der Waals surface area contributed by atoms with Crippen LogP contribution in [-0.2, 0) is 11.3 Å². The average molecular weight is 311 g/mol. The van der Waals surface area contributed by atoms with Gasteiger partial charge >= 0.3 is 0 Å². The van der Waals surface area contributed by atoms with E-state index < -0.39 is 0 Å². The van der Waals surface area contributed by atoms with E-state index in [0.717, 1.165) is 19.5 Å². The van der Waals surface area contributed by atoms with Crippen LogP contribution in [0, 0.1) is 0 Å². The van der Waals surface area contributed by atoms with Crippen LogP contribution in [0.1, 0.15) is 45.1 Å². The molecule has 1 fully saturated rings. The van der Waals surface area contributed by atoms with Crippen LogP contribution in [-0.4, -0.2) is 29.4 Å². The van der Waals surface area contributed by atoms with Crippen LogP contribution in [0.3, 0.4) is 0 Å². The van der Waals surface area contributed by atoms with E-state index in [4.69, 9.17) is 0 Å². The number of nitrogens with zero attached hydrogens (tertiary/aromatic N) is 1. The van der Waals surface area contributed by atoms with Crippen LogP contribution in [0.2, 0.25) is 0 Å². The van der Waals surface area contributed by atoms with Gasteiger partial charge in [0.2, 0.25) is 5.91 Å². The number of hydrogen-bond acceptors (Lipinski definition) is 2. The number of nitrogens with one attached hydrogen (secondary N) is 1. The monoisotopic (exact) mass is 310 g/mol. The van der Waals surface area contributed by atoms with Crippen molar-refractivity contribution in [3.63, 3.8) is 0 Å². The molecule has 1 heterocycles. The first-order chi connectivity index (χ1) is 9.66. The summed E-state index contributed by atoms with van der Waals surface area (Å²) in [7, 11) is 0. The Morgan fingerprint density at radius 2 is 2.05 bits per heavy atom. The summed E-state index contributed by atoms with van der Waals surface area (Å²) in [5.41, 5.74) is 1.20.